The topological polar surface area (TPSA) is 288 Å². The quantitative estimate of drug-likeness (QED) is 0.0829. The van der Waals surface area contributed by atoms with Crippen LogP contribution in [0.15, 0.2) is 17.1 Å². The lowest BCUT2D eigenvalue weighted by molar-refractivity contribution is -0.0541. The van der Waals surface area contributed by atoms with Crippen molar-refractivity contribution in [3.8, 4) is 0 Å². The third-order valence-electron chi connectivity index (χ3n) is 5.23. The minimum absolute atomic E-state index is 0.0506. The normalized spacial score (nSPS) is 26.5. The van der Waals surface area contributed by atoms with Gasteiger partial charge in [-0.2, -0.15) is 13.6 Å². The molecule has 0 amide bonds. The summed E-state index contributed by atoms with van der Waals surface area (Å²) in [7, 11) is -16.0. The fraction of sp³-hybridized carbons (Fsp3) is 0.765. The van der Waals surface area contributed by atoms with Crippen molar-refractivity contribution in [1.29, 1.82) is 0 Å². The maximum absolute atomic E-state index is 12.1. The van der Waals surface area contributed by atoms with Gasteiger partial charge in [0.1, 0.15) is 24.1 Å². The molecule has 1 saturated heterocycles. The first-order chi connectivity index (χ1) is 17.7. The van der Waals surface area contributed by atoms with E-state index in [9.17, 15) is 43.4 Å². The van der Waals surface area contributed by atoms with Crippen molar-refractivity contribution >= 4 is 29.2 Å². The molecule has 2 rings (SSSR count). The maximum atomic E-state index is 12.1. The monoisotopic (exact) mass is 609 g/mol. The van der Waals surface area contributed by atoms with E-state index in [0.717, 1.165) is 36.4 Å². The summed E-state index contributed by atoms with van der Waals surface area (Å²) < 4.78 is 55.0. The van der Waals surface area contributed by atoms with Gasteiger partial charge in [-0.15, -0.1) is 0 Å². The lowest BCUT2D eigenvalue weighted by Gasteiger charge is -2.20. The standard InChI is InChI=1S/C17H34N5O13P3/c18-8-5-3-1-2-4-6-9-20-36(26,27)34-38(30,31)35-37(28,29)32-11-12-14(23)15(24)16(33-12)22-10-7-13(19)21-17(22)25/h7,10,12,14-16,23-24H,1-6,8-9,11,18H2,(H,28,29)(H,30,31)(H2,19,21,25)(H2,20,26,27)/t12-,14-,15-,16-/m1/s1. The van der Waals surface area contributed by atoms with Crippen molar-refractivity contribution in [2.45, 2.75) is 63.1 Å². The van der Waals surface area contributed by atoms with Gasteiger partial charge in [-0.1, -0.05) is 25.7 Å². The first-order valence-electron chi connectivity index (χ1n) is 11.5. The first kappa shape index (κ1) is 33.1. The first-order valence-corrected chi connectivity index (χ1v) is 16.1. The molecule has 3 unspecified atom stereocenters. The van der Waals surface area contributed by atoms with Gasteiger partial charge in [-0.25, -0.2) is 23.6 Å². The number of nitrogens with two attached hydrogens (primary N) is 2. The highest BCUT2D eigenvalue weighted by Crippen LogP contribution is 2.66. The van der Waals surface area contributed by atoms with Gasteiger partial charge in [0.2, 0.25) is 0 Å². The average molecular weight is 609 g/mol. The Kier molecular flexibility index (Phi) is 12.7. The Morgan fingerprint density at radius 1 is 1.00 bits per heavy atom. The van der Waals surface area contributed by atoms with Gasteiger partial charge in [0.15, 0.2) is 6.23 Å². The van der Waals surface area contributed by atoms with E-state index in [0.29, 0.717) is 19.4 Å². The van der Waals surface area contributed by atoms with Crippen LogP contribution in [0.25, 0.3) is 0 Å². The summed E-state index contributed by atoms with van der Waals surface area (Å²) in [4.78, 5) is 44.6. The van der Waals surface area contributed by atoms with Crippen molar-refractivity contribution in [3.05, 3.63) is 22.7 Å². The fourth-order valence-electron chi connectivity index (χ4n) is 3.42. The number of unbranched alkanes of at least 4 members (excludes halogenated alkanes) is 5. The number of hydrogen-bond donors (Lipinski definition) is 8. The third kappa shape index (κ3) is 10.8. The van der Waals surface area contributed by atoms with E-state index in [1.165, 1.54) is 6.07 Å². The minimum atomic E-state index is -5.61. The van der Waals surface area contributed by atoms with E-state index in [2.05, 4.69) is 18.1 Å². The Morgan fingerprint density at radius 2 is 1.63 bits per heavy atom. The molecule has 1 aliphatic rings. The van der Waals surface area contributed by atoms with Crippen molar-refractivity contribution in [2.75, 3.05) is 25.4 Å². The predicted octanol–water partition coefficient (Wildman–Crippen LogP) is -0.315. The molecule has 21 heteroatoms. The molecule has 38 heavy (non-hydrogen) atoms. The Labute approximate surface area is 217 Å². The second-order valence-corrected chi connectivity index (χ2v) is 13.1. The number of rotatable bonds is 17. The lowest BCUT2D eigenvalue weighted by Crippen LogP contribution is -2.36. The van der Waals surface area contributed by atoms with Crippen LogP contribution in [0.5, 0.6) is 0 Å². The molecular weight excluding hydrogens is 575 g/mol. The Morgan fingerprint density at radius 3 is 2.26 bits per heavy atom. The summed E-state index contributed by atoms with van der Waals surface area (Å²) in [5, 5.41) is 22.4. The van der Waals surface area contributed by atoms with E-state index in [1.54, 1.807) is 0 Å². The molecule has 0 aromatic carbocycles. The number of nitrogens with zero attached hydrogens (tertiary/aromatic N) is 2. The highest BCUT2D eigenvalue weighted by atomic mass is 31.3. The van der Waals surface area contributed by atoms with E-state index < -0.39 is 60.2 Å². The van der Waals surface area contributed by atoms with Crippen LogP contribution in [-0.2, 0) is 31.6 Å². The van der Waals surface area contributed by atoms with Gasteiger partial charge in [-0.3, -0.25) is 9.09 Å². The lowest BCUT2D eigenvalue weighted by atomic mass is 10.1. The molecule has 1 fully saturated rings. The summed E-state index contributed by atoms with van der Waals surface area (Å²) in [5.74, 6) is -0.107. The van der Waals surface area contributed by atoms with Crippen LogP contribution in [0, 0.1) is 0 Å². The van der Waals surface area contributed by atoms with E-state index in [1.807, 2.05) is 5.09 Å². The predicted molar refractivity (Wildman–Crippen MR) is 131 cm³/mol. The Hall–Kier alpha value is -1.07. The van der Waals surface area contributed by atoms with Crippen LogP contribution in [0.4, 0.5) is 5.82 Å². The number of hydrogen-bond acceptors (Lipinski definition) is 13. The molecular formula is C17H34N5O13P3. The van der Waals surface area contributed by atoms with Gasteiger partial charge in [0.25, 0.3) is 0 Å². The smallest absolute Gasteiger partial charge is 0.387 e. The van der Waals surface area contributed by atoms with Gasteiger partial charge in [0, 0.05) is 12.7 Å². The SMILES string of the molecule is NCCCCCCCCNP(=O)(O)OP(=O)(O)OP(=O)(O)OC[C@H]1O[C@@H](n2ccc(N)nc2=O)[C@H](O)[C@@H]1O. The molecule has 0 spiro atoms. The van der Waals surface area contributed by atoms with E-state index >= 15 is 0 Å². The Balaban J connectivity index is 1.84. The maximum Gasteiger partial charge on any atom is 0.489 e. The van der Waals surface area contributed by atoms with Crippen molar-refractivity contribution in [2.24, 2.45) is 5.73 Å². The number of aliphatic hydroxyl groups excluding tert-OH is 2. The fourth-order valence-corrected chi connectivity index (χ4v) is 7.16. The molecule has 0 aliphatic carbocycles. The number of anilines is 1. The molecule has 18 nitrogen and oxygen atoms in total. The van der Waals surface area contributed by atoms with Crippen molar-refractivity contribution < 1.29 is 56.5 Å². The summed E-state index contributed by atoms with van der Waals surface area (Å²) in [6.07, 6.45) is -0.452. The van der Waals surface area contributed by atoms with Crippen LogP contribution in [-0.4, -0.2) is 72.5 Å². The van der Waals surface area contributed by atoms with Gasteiger partial charge in [0.05, 0.1) is 6.61 Å². The highest BCUT2D eigenvalue weighted by molar-refractivity contribution is 7.67. The number of aliphatic hydroxyl groups is 2. The average Bonchev–Trinajstić information content (AvgIpc) is 3.06. The molecule has 220 valence electrons. The largest absolute Gasteiger partial charge is 0.489 e. The number of phosphoric ester groups is 1. The molecule has 0 saturated carbocycles. The van der Waals surface area contributed by atoms with Crippen molar-refractivity contribution in [1.82, 2.24) is 14.6 Å². The highest BCUT2D eigenvalue weighted by Gasteiger charge is 2.46. The molecule has 7 atom stereocenters. The zero-order chi connectivity index (χ0) is 28.6. The van der Waals surface area contributed by atoms with Crippen LogP contribution in [0.2, 0.25) is 0 Å². The molecule has 0 bridgehead atoms. The second kappa shape index (κ2) is 14.5. The van der Waals surface area contributed by atoms with Crippen LogP contribution >= 0.6 is 23.4 Å². The van der Waals surface area contributed by atoms with Gasteiger partial charge >= 0.3 is 29.1 Å². The molecule has 1 aromatic heterocycles. The van der Waals surface area contributed by atoms with Gasteiger partial charge in [-0.05, 0) is 25.5 Å². The number of ether oxygens (including phenoxy) is 1. The number of nitrogens with one attached hydrogen (secondary N) is 1. The summed E-state index contributed by atoms with van der Waals surface area (Å²) in [6, 6.07) is 1.22. The zero-order valence-electron chi connectivity index (χ0n) is 20.2. The molecule has 2 heterocycles. The number of aromatic nitrogens is 2. The third-order valence-corrected chi connectivity index (χ3v) is 9.69. The van der Waals surface area contributed by atoms with Crippen LogP contribution in [0.1, 0.15) is 44.8 Å². The number of nitrogen functional groups attached to an aromatic ring is 1. The Bertz CT molecular complexity index is 1110. The second-order valence-electron chi connectivity index (χ2n) is 8.32. The van der Waals surface area contributed by atoms with Gasteiger partial charge < -0.3 is 41.1 Å². The zero-order valence-corrected chi connectivity index (χ0v) is 22.9. The summed E-state index contributed by atoms with van der Waals surface area (Å²) >= 11 is 0. The van der Waals surface area contributed by atoms with Crippen LogP contribution in [0.3, 0.4) is 0 Å². The summed E-state index contributed by atoms with van der Waals surface area (Å²) in [6.45, 7) is -0.419. The van der Waals surface area contributed by atoms with E-state index in [4.69, 9.17) is 16.2 Å². The molecule has 1 aliphatic heterocycles. The van der Waals surface area contributed by atoms with Crippen LogP contribution < -0.4 is 22.2 Å². The number of phosphoric acid groups is 2. The molecule has 0 radical (unpaired) electrons. The minimum Gasteiger partial charge on any atom is -0.387 e. The molecule has 10 N–H and O–H groups in total. The summed E-state index contributed by atoms with van der Waals surface area (Å²) in [5.41, 5.74) is 9.87. The molecule has 1 aromatic rings. The van der Waals surface area contributed by atoms with Crippen molar-refractivity contribution in [3.63, 3.8) is 0 Å². The van der Waals surface area contributed by atoms with E-state index in [-0.39, 0.29) is 12.4 Å².